The number of hydrogen-bond acceptors (Lipinski definition) is 1. The SMILES string of the molecule is CCNC(CCC(F)(F)F)Cc1cccc(Br)c1. The van der Waals surface area contributed by atoms with Crippen LogP contribution in [0.25, 0.3) is 0 Å². The number of hydrogen-bond donors (Lipinski definition) is 1. The van der Waals surface area contributed by atoms with Crippen LogP contribution >= 0.6 is 15.9 Å². The van der Waals surface area contributed by atoms with Gasteiger partial charge in [-0.3, -0.25) is 0 Å². The lowest BCUT2D eigenvalue weighted by Crippen LogP contribution is -2.32. The van der Waals surface area contributed by atoms with E-state index in [2.05, 4.69) is 21.2 Å². The van der Waals surface area contributed by atoms with E-state index in [1.165, 1.54) is 0 Å². The average molecular weight is 324 g/mol. The Bertz CT molecular complexity index is 365. The zero-order valence-electron chi connectivity index (χ0n) is 10.2. The Kier molecular flexibility index (Phi) is 6.15. The predicted octanol–water partition coefficient (Wildman–Crippen LogP) is 4.31. The molecule has 0 spiro atoms. The molecule has 0 aliphatic rings. The van der Waals surface area contributed by atoms with Gasteiger partial charge in [-0.15, -0.1) is 0 Å². The second-order valence-electron chi connectivity index (χ2n) is 4.24. The Morgan fingerprint density at radius 2 is 2.06 bits per heavy atom. The van der Waals surface area contributed by atoms with E-state index in [0.717, 1.165) is 10.0 Å². The van der Waals surface area contributed by atoms with Crippen LogP contribution in [-0.4, -0.2) is 18.8 Å². The van der Waals surface area contributed by atoms with E-state index in [9.17, 15) is 13.2 Å². The molecule has 0 aromatic heterocycles. The zero-order valence-corrected chi connectivity index (χ0v) is 11.8. The first kappa shape index (κ1) is 15.5. The Balaban J connectivity index is 2.57. The highest BCUT2D eigenvalue weighted by Crippen LogP contribution is 2.23. The molecule has 1 N–H and O–H groups in total. The first-order valence-electron chi connectivity index (χ1n) is 5.95. The smallest absolute Gasteiger partial charge is 0.314 e. The van der Waals surface area contributed by atoms with E-state index < -0.39 is 12.6 Å². The summed E-state index contributed by atoms with van der Waals surface area (Å²) < 4.78 is 37.6. The first-order chi connectivity index (χ1) is 8.40. The topological polar surface area (TPSA) is 12.0 Å². The Morgan fingerprint density at radius 1 is 1.33 bits per heavy atom. The van der Waals surface area contributed by atoms with E-state index in [0.29, 0.717) is 13.0 Å². The van der Waals surface area contributed by atoms with Gasteiger partial charge in [0, 0.05) is 16.9 Å². The van der Waals surface area contributed by atoms with Crippen LogP contribution in [-0.2, 0) is 6.42 Å². The largest absolute Gasteiger partial charge is 0.389 e. The minimum absolute atomic E-state index is 0.115. The molecule has 0 amide bonds. The molecule has 1 aromatic carbocycles. The molecule has 0 radical (unpaired) electrons. The van der Waals surface area contributed by atoms with Crippen LogP contribution in [0.5, 0.6) is 0 Å². The summed E-state index contributed by atoms with van der Waals surface area (Å²) in [4.78, 5) is 0. The van der Waals surface area contributed by atoms with Crippen molar-refractivity contribution in [1.82, 2.24) is 5.32 Å². The summed E-state index contributed by atoms with van der Waals surface area (Å²) in [6, 6.07) is 7.54. The molecule has 1 rings (SSSR count). The van der Waals surface area contributed by atoms with Crippen molar-refractivity contribution in [3.8, 4) is 0 Å². The molecule has 0 aliphatic heterocycles. The lowest BCUT2D eigenvalue weighted by atomic mass is 10.0. The third-order valence-electron chi connectivity index (χ3n) is 2.64. The maximum Gasteiger partial charge on any atom is 0.389 e. The number of benzene rings is 1. The number of alkyl halides is 3. The number of nitrogens with one attached hydrogen (secondary N) is 1. The molecule has 1 atom stereocenters. The van der Waals surface area contributed by atoms with E-state index >= 15 is 0 Å². The lowest BCUT2D eigenvalue weighted by molar-refractivity contribution is -0.136. The summed E-state index contributed by atoms with van der Waals surface area (Å²) in [5.41, 5.74) is 1.04. The van der Waals surface area contributed by atoms with Crippen molar-refractivity contribution in [1.29, 1.82) is 0 Å². The lowest BCUT2D eigenvalue weighted by Gasteiger charge is -2.19. The molecule has 18 heavy (non-hydrogen) atoms. The normalized spacial score (nSPS) is 13.6. The van der Waals surface area contributed by atoms with Gasteiger partial charge in [0.1, 0.15) is 0 Å². The Morgan fingerprint density at radius 3 is 2.61 bits per heavy atom. The minimum atomic E-state index is -4.08. The van der Waals surface area contributed by atoms with Crippen molar-refractivity contribution in [3.63, 3.8) is 0 Å². The molecule has 0 fully saturated rings. The van der Waals surface area contributed by atoms with Gasteiger partial charge >= 0.3 is 6.18 Å². The summed E-state index contributed by atoms with van der Waals surface area (Å²) in [7, 11) is 0. The Labute approximate surface area is 114 Å². The molecule has 0 saturated carbocycles. The van der Waals surface area contributed by atoms with Gasteiger partial charge in [0.15, 0.2) is 0 Å². The van der Waals surface area contributed by atoms with Gasteiger partial charge in [-0.25, -0.2) is 0 Å². The van der Waals surface area contributed by atoms with Crippen molar-refractivity contribution in [2.75, 3.05) is 6.54 Å². The van der Waals surface area contributed by atoms with Crippen molar-refractivity contribution in [2.24, 2.45) is 0 Å². The van der Waals surface area contributed by atoms with Gasteiger partial charge in [0.05, 0.1) is 0 Å². The van der Waals surface area contributed by atoms with Crippen LogP contribution in [0.2, 0.25) is 0 Å². The van der Waals surface area contributed by atoms with Gasteiger partial charge in [0.25, 0.3) is 0 Å². The number of likely N-dealkylation sites (N-methyl/N-ethyl adjacent to an activating group) is 1. The van der Waals surface area contributed by atoms with Crippen LogP contribution in [0.3, 0.4) is 0 Å². The van der Waals surface area contributed by atoms with Crippen molar-refractivity contribution in [3.05, 3.63) is 34.3 Å². The molecular formula is C13H17BrF3N. The number of halogens is 4. The third kappa shape index (κ3) is 6.40. The summed E-state index contributed by atoms with van der Waals surface area (Å²) in [6.45, 7) is 2.58. The fourth-order valence-corrected chi connectivity index (χ4v) is 2.30. The maximum atomic E-state index is 12.2. The highest BCUT2D eigenvalue weighted by Gasteiger charge is 2.28. The fraction of sp³-hybridized carbons (Fsp3) is 0.538. The van der Waals surface area contributed by atoms with Gasteiger partial charge in [-0.05, 0) is 37.1 Å². The van der Waals surface area contributed by atoms with Crippen LogP contribution in [0.15, 0.2) is 28.7 Å². The molecule has 0 aliphatic carbocycles. The predicted molar refractivity (Wildman–Crippen MR) is 70.6 cm³/mol. The summed E-state index contributed by atoms with van der Waals surface area (Å²) in [6.07, 6.45) is -4.09. The second-order valence-corrected chi connectivity index (χ2v) is 5.16. The van der Waals surface area contributed by atoms with Gasteiger partial charge in [-0.1, -0.05) is 35.0 Å². The standard InChI is InChI=1S/C13H17BrF3N/c1-2-18-12(6-7-13(15,16)17)9-10-4-3-5-11(14)8-10/h3-5,8,12,18H,2,6-7,9H2,1H3. The van der Waals surface area contributed by atoms with Crippen molar-refractivity contribution < 1.29 is 13.2 Å². The van der Waals surface area contributed by atoms with Gasteiger partial charge in [0.2, 0.25) is 0 Å². The fourth-order valence-electron chi connectivity index (χ4n) is 1.85. The third-order valence-corrected chi connectivity index (χ3v) is 3.13. The second kappa shape index (κ2) is 7.14. The van der Waals surface area contributed by atoms with Crippen LogP contribution in [0.4, 0.5) is 13.2 Å². The molecule has 102 valence electrons. The van der Waals surface area contributed by atoms with E-state index in [1.807, 2.05) is 31.2 Å². The van der Waals surface area contributed by atoms with Crippen LogP contribution in [0.1, 0.15) is 25.3 Å². The quantitative estimate of drug-likeness (QED) is 0.822. The van der Waals surface area contributed by atoms with E-state index in [1.54, 1.807) is 0 Å². The van der Waals surface area contributed by atoms with Crippen molar-refractivity contribution >= 4 is 15.9 Å². The zero-order chi connectivity index (χ0) is 13.6. The Hall–Kier alpha value is -0.550. The monoisotopic (exact) mass is 323 g/mol. The van der Waals surface area contributed by atoms with Gasteiger partial charge in [-0.2, -0.15) is 13.2 Å². The average Bonchev–Trinajstić information content (AvgIpc) is 2.25. The molecule has 5 heteroatoms. The van der Waals surface area contributed by atoms with Crippen LogP contribution in [0, 0.1) is 0 Å². The van der Waals surface area contributed by atoms with Gasteiger partial charge < -0.3 is 5.32 Å². The molecule has 1 nitrogen and oxygen atoms in total. The molecule has 0 heterocycles. The summed E-state index contributed by atoms with van der Waals surface area (Å²) in [5.74, 6) is 0. The first-order valence-corrected chi connectivity index (χ1v) is 6.74. The summed E-state index contributed by atoms with van der Waals surface area (Å²) in [5, 5.41) is 3.11. The van der Waals surface area contributed by atoms with Crippen molar-refractivity contribution in [2.45, 2.75) is 38.4 Å². The molecule has 1 unspecified atom stereocenters. The van der Waals surface area contributed by atoms with E-state index in [4.69, 9.17) is 0 Å². The maximum absolute atomic E-state index is 12.2. The molecule has 1 aromatic rings. The molecule has 0 bridgehead atoms. The minimum Gasteiger partial charge on any atom is -0.314 e. The molecule has 0 saturated heterocycles. The van der Waals surface area contributed by atoms with Crippen LogP contribution < -0.4 is 5.32 Å². The summed E-state index contributed by atoms with van der Waals surface area (Å²) >= 11 is 3.36. The highest BCUT2D eigenvalue weighted by molar-refractivity contribution is 9.10. The number of rotatable bonds is 6. The highest BCUT2D eigenvalue weighted by atomic mass is 79.9. The van der Waals surface area contributed by atoms with E-state index in [-0.39, 0.29) is 12.5 Å². The molecular weight excluding hydrogens is 307 g/mol.